The van der Waals surface area contributed by atoms with Crippen LogP contribution in [-0.4, -0.2) is 46.9 Å². The maximum absolute atomic E-state index is 10.7. The van der Waals surface area contributed by atoms with Gasteiger partial charge in [0.05, 0.1) is 26.4 Å². The van der Waals surface area contributed by atoms with Crippen molar-refractivity contribution in [2.45, 2.75) is 25.0 Å². The Kier molecular flexibility index (Phi) is 6.32. The molecule has 5 heteroatoms. The number of hydrogen-bond donors (Lipinski definition) is 4. The van der Waals surface area contributed by atoms with Gasteiger partial charge >= 0.3 is 0 Å². The molecule has 0 bridgehead atoms. The van der Waals surface area contributed by atoms with E-state index in [0.29, 0.717) is 11.1 Å². The Balaban J connectivity index is 2.14. The summed E-state index contributed by atoms with van der Waals surface area (Å²) in [6.07, 6.45) is 0. The minimum Gasteiger partial charge on any atom is -0.393 e. The van der Waals surface area contributed by atoms with E-state index in [2.05, 4.69) is 0 Å². The quantitative estimate of drug-likeness (QED) is 0.580. The number of aliphatic hydroxyl groups excluding tert-OH is 2. The maximum Gasteiger partial charge on any atom is 0.136 e. The molecule has 0 aliphatic carbocycles. The van der Waals surface area contributed by atoms with Gasteiger partial charge in [-0.25, -0.2) is 0 Å². The minimum absolute atomic E-state index is 0.206. The molecule has 0 aromatic heterocycles. The van der Waals surface area contributed by atoms with Gasteiger partial charge in [0.2, 0.25) is 0 Å². The summed E-state index contributed by atoms with van der Waals surface area (Å²) in [5.41, 5.74) is -0.347. The highest BCUT2D eigenvalue weighted by Crippen LogP contribution is 2.28. The molecule has 2 rings (SSSR count). The molecule has 0 saturated heterocycles. The summed E-state index contributed by atoms with van der Waals surface area (Å²) in [6.45, 7) is 2.24. The minimum atomic E-state index is -1.58. The second-order valence-corrected chi connectivity index (χ2v) is 6.50. The van der Waals surface area contributed by atoms with Crippen LogP contribution >= 0.6 is 0 Å². The lowest BCUT2D eigenvalue weighted by atomic mass is 9.90. The van der Waals surface area contributed by atoms with Gasteiger partial charge < -0.3 is 25.2 Å². The smallest absolute Gasteiger partial charge is 0.136 e. The first-order valence-corrected chi connectivity index (χ1v) is 8.23. The van der Waals surface area contributed by atoms with Crippen LogP contribution in [0.4, 0.5) is 0 Å². The molecule has 2 aromatic rings. The van der Waals surface area contributed by atoms with E-state index in [1.807, 2.05) is 38.1 Å². The lowest BCUT2D eigenvalue weighted by molar-refractivity contribution is -0.131. The van der Waals surface area contributed by atoms with Crippen LogP contribution in [0.5, 0.6) is 0 Å². The zero-order chi connectivity index (χ0) is 18.5. The molecule has 2 unspecified atom stereocenters. The van der Waals surface area contributed by atoms with Gasteiger partial charge in [0.1, 0.15) is 11.2 Å². The first-order valence-electron chi connectivity index (χ1n) is 8.23. The van der Waals surface area contributed by atoms with Crippen LogP contribution in [0.25, 0.3) is 0 Å². The van der Waals surface area contributed by atoms with Crippen molar-refractivity contribution in [1.29, 1.82) is 0 Å². The van der Waals surface area contributed by atoms with Crippen LogP contribution in [0.15, 0.2) is 48.5 Å². The summed E-state index contributed by atoms with van der Waals surface area (Å²) in [7, 11) is 0. The number of ether oxygens (including phenoxy) is 1. The van der Waals surface area contributed by atoms with E-state index in [4.69, 9.17) is 4.74 Å². The molecule has 0 heterocycles. The fourth-order valence-corrected chi connectivity index (χ4v) is 3.00. The summed E-state index contributed by atoms with van der Waals surface area (Å²) >= 11 is 0. The zero-order valence-corrected chi connectivity index (χ0v) is 14.6. The molecule has 0 fully saturated rings. The van der Waals surface area contributed by atoms with Gasteiger partial charge in [-0.05, 0) is 36.1 Å². The van der Waals surface area contributed by atoms with Crippen LogP contribution in [-0.2, 0) is 15.9 Å². The maximum atomic E-state index is 10.7. The second-order valence-electron chi connectivity index (χ2n) is 6.50. The highest BCUT2D eigenvalue weighted by molar-refractivity contribution is 5.32. The Morgan fingerprint density at radius 2 is 1.08 bits per heavy atom. The summed E-state index contributed by atoms with van der Waals surface area (Å²) in [6, 6.07) is 14.4. The van der Waals surface area contributed by atoms with E-state index in [9.17, 15) is 20.4 Å². The van der Waals surface area contributed by atoms with Gasteiger partial charge in [-0.3, -0.25) is 0 Å². The molecule has 0 aliphatic rings. The molecule has 0 amide bonds. The summed E-state index contributed by atoms with van der Waals surface area (Å²) in [5.74, 6) is 0. The van der Waals surface area contributed by atoms with E-state index < -0.39 is 24.4 Å². The molecule has 2 aromatic carbocycles. The largest absolute Gasteiger partial charge is 0.393 e. The average molecular weight is 346 g/mol. The van der Waals surface area contributed by atoms with E-state index >= 15 is 0 Å². The number of hydrogen-bond acceptors (Lipinski definition) is 5. The first-order chi connectivity index (χ1) is 11.9. The van der Waals surface area contributed by atoms with Gasteiger partial charge in [-0.1, -0.05) is 48.5 Å². The monoisotopic (exact) mass is 346 g/mol. The van der Waals surface area contributed by atoms with Crippen molar-refractivity contribution >= 4 is 0 Å². The average Bonchev–Trinajstić information content (AvgIpc) is 2.62. The third kappa shape index (κ3) is 4.26. The summed E-state index contributed by atoms with van der Waals surface area (Å²) < 4.78 is 5.54. The third-order valence-electron chi connectivity index (χ3n) is 4.50. The van der Waals surface area contributed by atoms with E-state index in [-0.39, 0.29) is 13.2 Å². The summed E-state index contributed by atoms with van der Waals surface area (Å²) in [4.78, 5) is 0. The van der Waals surface area contributed by atoms with Crippen molar-refractivity contribution in [3.8, 4) is 0 Å². The Morgan fingerprint density at radius 3 is 1.40 bits per heavy atom. The van der Waals surface area contributed by atoms with Crippen LogP contribution in [0.3, 0.4) is 0 Å². The number of aryl methyl sites for hydroxylation is 2. The Bertz CT molecular complexity index is 642. The fraction of sp³-hybridized carbons (Fsp3) is 0.400. The van der Waals surface area contributed by atoms with Crippen LogP contribution < -0.4 is 0 Å². The molecular formula is C20H26O5. The molecule has 0 saturated carbocycles. The highest BCUT2D eigenvalue weighted by atomic mass is 16.5. The molecule has 0 aliphatic heterocycles. The zero-order valence-electron chi connectivity index (χ0n) is 14.6. The van der Waals surface area contributed by atoms with Crippen molar-refractivity contribution in [3.63, 3.8) is 0 Å². The normalized spacial score (nSPS) is 16.2. The second kappa shape index (κ2) is 8.08. The molecule has 136 valence electrons. The topological polar surface area (TPSA) is 90.2 Å². The molecule has 0 radical (unpaired) electrons. The van der Waals surface area contributed by atoms with Crippen molar-refractivity contribution in [1.82, 2.24) is 0 Å². The van der Waals surface area contributed by atoms with Crippen molar-refractivity contribution < 1.29 is 25.2 Å². The third-order valence-corrected chi connectivity index (χ3v) is 4.50. The molecular weight excluding hydrogens is 320 g/mol. The summed E-state index contributed by atoms with van der Waals surface area (Å²) in [5, 5.41) is 40.8. The Labute approximate surface area is 148 Å². The van der Waals surface area contributed by atoms with Crippen molar-refractivity contribution in [3.05, 3.63) is 70.8 Å². The molecule has 5 nitrogen and oxygen atoms in total. The number of benzene rings is 2. The van der Waals surface area contributed by atoms with Gasteiger partial charge in [-0.2, -0.15) is 0 Å². The van der Waals surface area contributed by atoms with Crippen LogP contribution in [0.1, 0.15) is 22.3 Å². The Hall–Kier alpha value is -1.76. The Morgan fingerprint density at radius 1 is 0.720 bits per heavy atom. The van der Waals surface area contributed by atoms with Crippen LogP contribution in [0, 0.1) is 13.8 Å². The standard InChI is InChI=1S/C20H26O5/c1-15-7-3-5-9-17(15)19(23,11-21)13-25-14-20(24,12-22)18-10-6-4-8-16(18)2/h3-10,21-24H,11-14H2,1-2H3. The van der Waals surface area contributed by atoms with Gasteiger partial charge in [0, 0.05) is 0 Å². The molecule has 25 heavy (non-hydrogen) atoms. The van der Waals surface area contributed by atoms with Crippen molar-refractivity contribution in [2.75, 3.05) is 26.4 Å². The lowest BCUT2D eigenvalue weighted by Gasteiger charge is -2.32. The van der Waals surface area contributed by atoms with Gasteiger partial charge in [0.15, 0.2) is 0 Å². The van der Waals surface area contributed by atoms with E-state index in [1.54, 1.807) is 24.3 Å². The predicted octanol–water partition coefficient (Wildman–Crippen LogP) is 1.38. The highest BCUT2D eigenvalue weighted by Gasteiger charge is 2.34. The fourth-order valence-electron chi connectivity index (χ4n) is 3.00. The van der Waals surface area contributed by atoms with E-state index in [1.165, 1.54) is 0 Å². The predicted molar refractivity (Wildman–Crippen MR) is 95.1 cm³/mol. The van der Waals surface area contributed by atoms with Crippen molar-refractivity contribution in [2.24, 2.45) is 0 Å². The van der Waals surface area contributed by atoms with Gasteiger partial charge in [-0.15, -0.1) is 0 Å². The van der Waals surface area contributed by atoms with Crippen LogP contribution in [0.2, 0.25) is 0 Å². The molecule has 2 atom stereocenters. The van der Waals surface area contributed by atoms with E-state index in [0.717, 1.165) is 11.1 Å². The molecule has 4 N–H and O–H groups in total. The SMILES string of the molecule is Cc1ccccc1C(O)(CO)COCC(O)(CO)c1ccccc1C. The lowest BCUT2D eigenvalue weighted by Crippen LogP contribution is -2.41. The van der Waals surface area contributed by atoms with Gasteiger partial charge in [0.25, 0.3) is 0 Å². The molecule has 0 spiro atoms. The first kappa shape index (κ1) is 19.6. The number of aliphatic hydroxyl groups is 4. The number of rotatable bonds is 8.